The zero-order chi connectivity index (χ0) is 25.5. The van der Waals surface area contributed by atoms with Gasteiger partial charge in [-0.3, -0.25) is 14.4 Å². The van der Waals surface area contributed by atoms with Crippen LogP contribution in [0.15, 0.2) is 42.5 Å². The smallest absolute Gasteiger partial charge is 0.243 e. The minimum atomic E-state index is -0.857. The van der Waals surface area contributed by atoms with Crippen molar-refractivity contribution in [2.24, 2.45) is 11.7 Å². The number of carbonyl (C=O) groups excluding carboxylic acids is 3. The molecule has 5 N–H and O–H groups in total. The average molecular weight is 495 g/mol. The SMILES string of the molecule is NCC(O)CNC(=O)[C@@H](Cc1ccc2ccccc2c1)NC(=O)C1CCCN1C(=O)C1CCCCC1. The summed E-state index contributed by atoms with van der Waals surface area (Å²) in [4.78, 5) is 41.4. The number of amides is 3. The van der Waals surface area contributed by atoms with Crippen LogP contribution < -0.4 is 16.4 Å². The molecule has 2 unspecified atom stereocenters. The van der Waals surface area contributed by atoms with Crippen LogP contribution in [0.2, 0.25) is 0 Å². The lowest BCUT2D eigenvalue weighted by Crippen LogP contribution is -2.55. The summed E-state index contributed by atoms with van der Waals surface area (Å²) in [6.07, 6.45) is 5.88. The molecule has 3 atom stereocenters. The van der Waals surface area contributed by atoms with Crippen LogP contribution in [0.25, 0.3) is 10.8 Å². The Morgan fingerprint density at radius 2 is 1.75 bits per heavy atom. The molecular weight excluding hydrogens is 456 g/mol. The Balaban J connectivity index is 1.48. The Bertz CT molecular complexity index is 1070. The van der Waals surface area contributed by atoms with Crippen molar-refractivity contribution in [2.45, 2.75) is 69.6 Å². The van der Waals surface area contributed by atoms with Crippen molar-refractivity contribution in [1.82, 2.24) is 15.5 Å². The molecule has 1 aliphatic carbocycles. The molecule has 4 rings (SSSR count). The zero-order valence-electron chi connectivity index (χ0n) is 20.8. The third-order valence-corrected chi connectivity index (χ3v) is 7.46. The van der Waals surface area contributed by atoms with Gasteiger partial charge in [-0.1, -0.05) is 61.7 Å². The standard InChI is InChI=1S/C28H38N4O4/c29-17-23(33)18-30-26(34)24(16-19-12-13-20-7-4-5-10-22(20)15-19)31-27(35)25-11-6-14-32(25)28(36)21-8-2-1-3-9-21/h4-5,7,10,12-13,15,21,23-25,33H,1-3,6,8-9,11,14,16-18,29H2,(H,30,34)(H,31,35)/t23?,24-,25?/m1/s1. The van der Waals surface area contributed by atoms with Crippen LogP contribution in [0.3, 0.4) is 0 Å². The highest BCUT2D eigenvalue weighted by atomic mass is 16.3. The van der Waals surface area contributed by atoms with Gasteiger partial charge in [-0.05, 0) is 42.0 Å². The van der Waals surface area contributed by atoms with Crippen LogP contribution in [0.1, 0.15) is 50.5 Å². The number of rotatable bonds is 9. The highest BCUT2D eigenvalue weighted by Crippen LogP contribution is 2.29. The molecule has 2 aromatic rings. The second-order valence-electron chi connectivity index (χ2n) is 10.1. The first-order valence-electron chi connectivity index (χ1n) is 13.2. The van der Waals surface area contributed by atoms with Crippen molar-refractivity contribution in [3.05, 3.63) is 48.0 Å². The first-order chi connectivity index (χ1) is 17.5. The van der Waals surface area contributed by atoms with Gasteiger partial charge in [-0.2, -0.15) is 0 Å². The molecule has 0 spiro atoms. The number of hydrogen-bond donors (Lipinski definition) is 4. The van der Waals surface area contributed by atoms with Crippen LogP contribution in [0, 0.1) is 5.92 Å². The number of hydrogen-bond acceptors (Lipinski definition) is 5. The van der Waals surface area contributed by atoms with E-state index in [2.05, 4.69) is 10.6 Å². The minimum absolute atomic E-state index is 0.00148. The molecule has 1 aliphatic heterocycles. The summed E-state index contributed by atoms with van der Waals surface area (Å²) in [5, 5.41) is 17.6. The maximum Gasteiger partial charge on any atom is 0.243 e. The van der Waals surface area contributed by atoms with Gasteiger partial charge in [0.05, 0.1) is 6.10 Å². The van der Waals surface area contributed by atoms with Crippen LogP contribution in [0.5, 0.6) is 0 Å². The van der Waals surface area contributed by atoms with Crippen molar-refractivity contribution in [3.63, 3.8) is 0 Å². The van der Waals surface area contributed by atoms with Gasteiger partial charge >= 0.3 is 0 Å². The zero-order valence-corrected chi connectivity index (χ0v) is 20.8. The quantitative estimate of drug-likeness (QED) is 0.424. The summed E-state index contributed by atoms with van der Waals surface area (Å²) in [6, 6.07) is 12.6. The molecule has 36 heavy (non-hydrogen) atoms. The number of fused-ring (bicyclic) bond motifs is 1. The first-order valence-corrected chi connectivity index (χ1v) is 13.2. The second kappa shape index (κ2) is 12.3. The molecule has 1 saturated heterocycles. The first kappa shape index (κ1) is 26.1. The van der Waals surface area contributed by atoms with Gasteiger partial charge in [0.2, 0.25) is 17.7 Å². The summed E-state index contributed by atoms with van der Waals surface area (Å²) in [5.74, 6) is -0.598. The summed E-state index contributed by atoms with van der Waals surface area (Å²) >= 11 is 0. The van der Waals surface area contributed by atoms with E-state index >= 15 is 0 Å². The Morgan fingerprint density at radius 3 is 2.50 bits per heavy atom. The number of nitrogens with zero attached hydrogens (tertiary/aromatic N) is 1. The van der Waals surface area contributed by atoms with Crippen LogP contribution in [-0.4, -0.2) is 65.5 Å². The number of aliphatic hydroxyl groups is 1. The average Bonchev–Trinajstić information content (AvgIpc) is 3.41. The third kappa shape index (κ3) is 6.42. The van der Waals surface area contributed by atoms with Gasteiger partial charge in [0, 0.05) is 32.0 Å². The number of carbonyl (C=O) groups is 3. The summed E-state index contributed by atoms with van der Waals surface area (Å²) in [5.41, 5.74) is 6.38. The molecule has 0 aromatic heterocycles. The van der Waals surface area contributed by atoms with Gasteiger partial charge in [-0.15, -0.1) is 0 Å². The van der Waals surface area contributed by atoms with Crippen molar-refractivity contribution >= 4 is 28.5 Å². The molecule has 2 aliphatic rings. The van der Waals surface area contributed by atoms with Crippen molar-refractivity contribution in [2.75, 3.05) is 19.6 Å². The molecule has 3 amide bonds. The summed E-state index contributed by atoms with van der Waals surface area (Å²) in [7, 11) is 0. The van der Waals surface area contributed by atoms with E-state index in [1.807, 2.05) is 42.5 Å². The van der Waals surface area contributed by atoms with Gasteiger partial charge in [0.15, 0.2) is 0 Å². The van der Waals surface area contributed by atoms with Crippen molar-refractivity contribution < 1.29 is 19.5 Å². The number of aliphatic hydroxyl groups excluding tert-OH is 1. The number of nitrogens with one attached hydrogen (secondary N) is 2. The van der Waals surface area contributed by atoms with E-state index in [9.17, 15) is 19.5 Å². The summed E-state index contributed by atoms with van der Waals surface area (Å²) < 4.78 is 0. The van der Waals surface area contributed by atoms with E-state index in [1.54, 1.807) is 4.90 Å². The van der Waals surface area contributed by atoms with E-state index in [1.165, 1.54) is 0 Å². The van der Waals surface area contributed by atoms with Gasteiger partial charge in [-0.25, -0.2) is 0 Å². The van der Waals surface area contributed by atoms with E-state index < -0.39 is 18.2 Å². The van der Waals surface area contributed by atoms with E-state index in [0.29, 0.717) is 19.4 Å². The number of nitrogens with two attached hydrogens (primary N) is 1. The molecule has 0 bridgehead atoms. The predicted octanol–water partition coefficient (Wildman–Crippen LogP) is 1.87. The molecular formula is C28H38N4O4. The fourth-order valence-corrected chi connectivity index (χ4v) is 5.39. The van der Waals surface area contributed by atoms with Crippen LogP contribution in [-0.2, 0) is 20.8 Å². The van der Waals surface area contributed by atoms with Crippen molar-refractivity contribution in [1.29, 1.82) is 0 Å². The second-order valence-corrected chi connectivity index (χ2v) is 10.1. The number of benzene rings is 2. The Labute approximate surface area is 212 Å². The molecule has 1 saturated carbocycles. The third-order valence-electron chi connectivity index (χ3n) is 7.46. The van der Waals surface area contributed by atoms with Crippen LogP contribution in [0.4, 0.5) is 0 Å². The van der Waals surface area contributed by atoms with Gasteiger partial charge in [0.25, 0.3) is 0 Å². The Hall–Kier alpha value is -2.97. The molecule has 8 nitrogen and oxygen atoms in total. The maximum atomic E-state index is 13.4. The largest absolute Gasteiger partial charge is 0.390 e. The lowest BCUT2D eigenvalue weighted by atomic mass is 9.88. The van der Waals surface area contributed by atoms with Crippen LogP contribution >= 0.6 is 0 Å². The molecule has 0 radical (unpaired) electrons. The van der Waals surface area contributed by atoms with Gasteiger partial charge in [0.1, 0.15) is 12.1 Å². The molecule has 194 valence electrons. The Kier molecular flexibility index (Phi) is 8.93. The van der Waals surface area contributed by atoms with E-state index in [4.69, 9.17) is 5.73 Å². The monoisotopic (exact) mass is 494 g/mol. The highest BCUT2D eigenvalue weighted by Gasteiger charge is 2.38. The topological polar surface area (TPSA) is 125 Å². The summed E-state index contributed by atoms with van der Waals surface area (Å²) in [6.45, 7) is 0.620. The van der Waals surface area contributed by atoms with Gasteiger partial charge < -0.3 is 26.4 Å². The number of likely N-dealkylation sites (tertiary alicyclic amines) is 1. The van der Waals surface area contributed by atoms with Crippen molar-refractivity contribution in [3.8, 4) is 0 Å². The predicted molar refractivity (Wildman–Crippen MR) is 139 cm³/mol. The normalized spacial score (nSPS) is 20.2. The lowest BCUT2D eigenvalue weighted by Gasteiger charge is -2.31. The molecule has 8 heteroatoms. The fourth-order valence-electron chi connectivity index (χ4n) is 5.39. The Morgan fingerprint density at radius 1 is 1.00 bits per heavy atom. The molecule has 2 aromatic carbocycles. The lowest BCUT2D eigenvalue weighted by molar-refractivity contribution is -0.143. The highest BCUT2D eigenvalue weighted by molar-refractivity contribution is 5.93. The molecule has 1 heterocycles. The van der Waals surface area contributed by atoms with E-state index in [-0.39, 0.29) is 36.7 Å². The maximum absolute atomic E-state index is 13.4. The minimum Gasteiger partial charge on any atom is -0.390 e. The van der Waals surface area contributed by atoms with E-state index in [0.717, 1.165) is 54.9 Å². The molecule has 2 fully saturated rings. The fraction of sp³-hybridized carbons (Fsp3) is 0.536.